The molecular weight excluding hydrogens is 292 g/mol. The lowest BCUT2D eigenvalue weighted by atomic mass is 10.1. The Hall–Kier alpha value is -1.59. The number of aliphatic hydroxyl groups excluding tert-OH is 1. The minimum Gasteiger partial charge on any atom is -0.393 e. The second kappa shape index (κ2) is 7.32. The molecule has 3 rings (SSSR count). The molecule has 5 heteroatoms. The molecule has 0 aromatic heterocycles. The average molecular weight is 318 g/mol. The quantitative estimate of drug-likeness (QED) is 0.891. The van der Waals surface area contributed by atoms with Crippen molar-refractivity contribution in [1.82, 2.24) is 10.2 Å². The number of aliphatic hydroxyl groups is 1. The normalized spacial score (nSPS) is 21.8. The maximum absolute atomic E-state index is 12.5. The van der Waals surface area contributed by atoms with E-state index in [2.05, 4.69) is 23.5 Å². The number of amides is 2. The Morgan fingerprint density at radius 3 is 3.09 bits per heavy atom. The number of hydrogen-bond donors (Lipinski definition) is 2. The van der Waals surface area contributed by atoms with Gasteiger partial charge in [0.25, 0.3) is 0 Å². The van der Waals surface area contributed by atoms with Crippen LogP contribution in [0.5, 0.6) is 0 Å². The van der Waals surface area contributed by atoms with Gasteiger partial charge in [-0.15, -0.1) is 0 Å². The molecule has 126 valence electrons. The molecule has 5 nitrogen and oxygen atoms in total. The summed E-state index contributed by atoms with van der Waals surface area (Å²) in [5.74, 6) is 0. The van der Waals surface area contributed by atoms with Gasteiger partial charge in [0.15, 0.2) is 0 Å². The van der Waals surface area contributed by atoms with Crippen molar-refractivity contribution in [3.05, 3.63) is 34.9 Å². The molecule has 0 spiro atoms. The van der Waals surface area contributed by atoms with E-state index in [0.717, 1.165) is 12.0 Å². The van der Waals surface area contributed by atoms with Crippen molar-refractivity contribution in [3.8, 4) is 0 Å². The van der Waals surface area contributed by atoms with Crippen LogP contribution in [-0.2, 0) is 24.1 Å². The highest BCUT2D eigenvalue weighted by Crippen LogP contribution is 2.22. The topological polar surface area (TPSA) is 61.8 Å². The summed E-state index contributed by atoms with van der Waals surface area (Å²) in [6, 6.07) is 6.39. The summed E-state index contributed by atoms with van der Waals surface area (Å²) in [6.45, 7) is 3.92. The molecule has 2 unspecified atom stereocenters. The van der Waals surface area contributed by atoms with Crippen LogP contribution in [0.1, 0.15) is 36.5 Å². The highest BCUT2D eigenvalue weighted by molar-refractivity contribution is 5.74. The van der Waals surface area contributed by atoms with Crippen molar-refractivity contribution in [1.29, 1.82) is 0 Å². The van der Waals surface area contributed by atoms with Gasteiger partial charge in [-0.2, -0.15) is 0 Å². The molecule has 1 aliphatic carbocycles. The number of carbonyl (C=O) groups is 1. The van der Waals surface area contributed by atoms with E-state index in [4.69, 9.17) is 4.74 Å². The van der Waals surface area contributed by atoms with Crippen LogP contribution in [0.3, 0.4) is 0 Å². The molecule has 1 saturated heterocycles. The Balaban J connectivity index is 1.57. The van der Waals surface area contributed by atoms with Crippen molar-refractivity contribution in [2.24, 2.45) is 0 Å². The molecule has 23 heavy (non-hydrogen) atoms. The second-order valence-corrected chi connectivity index (χ2v) is 6.62. The Morgan fingerprint density at radius 1 is 1.43 bits per heavy atom. The summed E-state index contributed by atoms with van der Waals surface area (Å²) in [4.78, 5) is 14.3. The van der Waals surface area contributed by atoms with Gasteiger partial charge in [-0.3, -0.25) is 0 Å². The largest absolute Gasteiger partial charge is 0.393 e. The maximum Gasteiger partial charge on any atom is 0.318 e. The Morgan fingerprint density at radius 2 is 2.26 bits per heavy atom. The van der Waals surface area contributed by atoms with Gasteiger partial charge in [-0.05, 0) is 49.3 Å². The number of fused-ring (bicyclic) bond motifs is 1. The highest BCUT2D eigenvalue weighted by atomic mass is 16.5. The highest BCUT2D eigenvalue weighted by Gasteiger charge is 2.28. The van der Waals surface area contributed by atoms with Gasteiger partial charge in [-0.25, -0.2) is 4.79 Å². The smallest absolute Gasteiger partial charge is 0.318 e. The van der Waals surface area contributed by atoms with Gasteiger partial charge in [0.2, 0.25) is 0 Å². The number of nitrogens with zero attached hydrogens (tertiary/aromatic N) is 1. The fourth-order valence-corrected chi connectivity index (χ4v) is 3.53. The number of morpholine rings is 1. The predicted molar refractivity (Wildman–Crippen MR) is 88.3 cm³/mol. The van der Waals surface area contributed by atoms with Crippen LogP contribution in [-0.4, -0.2) is 47.9 Å². The third kappa shape index (κ3) is 4.03. The predicted octanol–water partition coefficient (Wildman–Crippen LogP) is 1.86. The summed E-state index contributed by atoms with van der Waals surface area (Å²) in [5, 5.41) is 12.6. The van der Waals surface area contributed by atoms with Gasteiger partial charge in [-0.1, -0.05) is 18.2 Å². The molecule has 1 fully saturated rings. The fourth-order valence-electron chi connectivity index (χ4n) is 3.53. The molecule has 2 amide bonds. The second-order valence-electron chi connectivity index (χ2n) is 6.62. The molecular formula is C18H26N2O3. The van der Waals surface area contributed by atoms with Crippen LogP contribution in [0, 0.1) is 0 Å². The van der Waals surface area contributed by atoms with Gasteiger partial charge in [0.05, 0.1) is 25.4 Å². The van der Waals surface area contributed by atoms with E-state index in [1.165, 1.54) is 24.0 Å². The van der Waals surface area contributed by atoms with Crippen LogP contribution in [0.4, 0.5) is 4.79 Å². The minimum absolute atomic E-state index is 0.0521. The molecule has 1 aromatic carbocycles. The van der Waals surface area contributed by atoms with Crippen LogP contribution in [0.25, 0.3) is 0 Å². The SMILES string of the molecule is CC(O)CC1COCCN1C(=O)NCc1ccc2c(c1)CCC2. The van der Waals surface area contributed by atoms with Gasteiger partial charge in [0.1, 0.15) is 0 Å². The lowest BCUT2D eigenvalue weighted by Gasteiger charge is -2.36. The number of carbonyl (C=O) groups excluding carboxylic acids is 1. The van der Waals surface area contributed by atoms with Crippen molar-refractivity contribution >= 4 is 6.03 Å². The third-order valence-corrected chi connectivity index (χ3v) is 4.71. The lowest BCUT2D eigenvalue weighted by molar-refractivity contribution is -0.00437. The van der Waals surface area contributed by atoms with Crippen molar-refractivity contribution < 1.29 is 14.6 Å². The summed E-state index contributed by atoms with van der Waals surface area (Å²) < 4.78 is 5.44. The monoisotopic (exact) mass is 318 g/mol. The van der Waals surface area contributed by atoms with Crippen LogP contribution >= 0.6 is 0 Å². The van der Waals surface area contributed by atoms with Gasteiger partial charge >= 0.3 is 6.03 Å². The van der Waals surface area contributed by atoms with E-state index < -0.39 is 6.10 Å². The Kier molecular flexibility index (Phi) is 5.18. The van der Waals surface area contributed by atoms with E-state index >= 15 is 0 Å². The lowest BCUT2D eigenvalue weighted by Crippen LogP contribution is -2.53. The zero-order chi connectivity index (χ0) is 16.2. The van der Waals surface area contributed by atoms with E-state index in [0.29, 0.717) is 32.7 Å². The number of aryl methyl sites for hydroxylation is 2. The van der Waals surface area contributed by atoms with Crippen molar-refractivity contribution in [2.45, 2.75) is 51.3 Å². The van der Waals surface area contributed by atoms with Crippen LogP contribution in [0.15, 0.2) is 18.2 Å². The number of nitrogens with one attached hydrogen (secondary N) is 1. The summed E-state index contributed by atoms with van der Waals surface area (Å²) in [5.41, 5.74) is 4.03. The van der Waals surface area contributed by atoms with Gasteiger partial charge < -0.3 is 20.1 Å². The van der Waals surface area contributed by atoms with E-state index in [-0.39, 0.29) is 12.1 Å². The van der Waals surface area contributed by atoms with E-state index in [1.807, 2.05) is 0 Å². The first kappa shape index (κ1) is 16.3. The molecule has 2 N–H and O–H groups in total. The summed E-state index contributed by atoms with van der Waals surface area (Å²) in [7, 11) is 0. The molecule has 0 saturated carbocycles. The number of benzene rings is 1. The Labute approximate surface area is 137 Å². The number of rotatable bonds is 4. The van der Waals surface area contributed by atoms with Crippen molar-refractivity contribution in [3.63, 3.8) is 0 Å². The van der Waals surface area contributed by atoms with Crippen molar-refractivity contribution in [2.75, 3.05) is 19.8 Å². The van der Waals surface area contributed by atoms with E-state index in [9.17, 15) is 9.90 Å². The molecule has 2 atom stereocenters. The van der Waals surface area contributed by atoms with Crippen LogP contribution < -0.4 is 5.32 Å². The van der Waals surface area contributed by atoms with E-state index in [1.54, 1.807) is 11.8 Å². The number of urea groups is 1. The third-order valence-electron chi connectivity index (χ3n) is 4.71. The molecule has 1 heterocycles. The molecule has 0 radical (unpaired) electrons. The zero-order valence-corrected chi connectivity index (χ0v) is 13.8. The molecule has 2 aliphatic rings. The zero-order valence-electron chi connectivity index (χ0n) is 13.8. The number of ether oxygens (including phenoxy) is 1. The summed E-state index contributed by atoms with van der Waals surface area (Å²) >= 11 is 0. The summed E-state index contributed by atoms with van der Waals surface area (Å²) in [6.07, 6.45) is 3.67. The first-order valence-electron chi connectivity index (χ1n) is 8.54. The average Bonchev–Trinajstić information content (AvgIpc) is 3.00. The Bertz CT molecular complexity index is 559. The standard InChI is InChI=1S/C18H26N2O3/c1-13(21)9-17-12-23-8-7-20(17)18(22)19-11-14-5-6-15-3-2-4-16(15)10-14/h5-6,10,13,17,21H,2-4,7-9,11-12H2,1H3,(H,19,22). The fraction of sp³-hybridized carbons (Fsp3) is 0.611. The minimum atomic E-state index is -0.436. The van der Waals surface area contributed by atoms with Crippen LogP contribution in [0.2, 0.25) is 0 Å². The first-order chi connectivity index (χ1) is 11.1. The first-order valence-corrected chi connectivity index (χ1v) is 8.54. The molecule has 0 bridgehead atoms. The van der Waals surface area contributed by atoms with Gasteiger partial charge in [0, 0.05) is 13.1 Å². The molecule has 1 aromatic rings. The number of hydrogen-bond acceptors (Lipinski definition) is 3. The maximum atomic E-state index is 12.5. The molecule has 1 aliphatic heterocycles.